The first-order chi connectivity index (χ1) is 7.10. The molecule has 0 aromatic carbocycles. The summed E-state index contributed by atoms with van der Waals surface area (Å²) < 4.78 is 0. The van der Waals surface area contributed by atoms with Gasteiger partial charge in [-0.25, -0.2) is 0 Å². The quantitative estimate of drug-likeness (QED) is 0.665. The Kier molecular flexibility index (Phi) is 7.23. The minimum atomic E-state index is -0.148. The molecule has 0 spiro atoms. The van der Waals surface area contributed by atoms with E-state index in [0.29, 0.717) is 19.3 Å². The molecule has 15 heavy (non-hydrogen) atoms. The smallest absolute Gasteiger partial charge is 0.227 e. The fourth-order valence-electron chi connectivity index (χ4n) is 0.897. The summed E-state index contributed by atoms with van der Waals surface area (Å²) in [4.78, 5) is 30.7. The number of imide groups is 1. The summed E-state index contributed by atoms with van der Waals surface area (Å²) in [5.41, 5.74) is 0. The van der Waals surface area contributed by atoms with Crippen molar-refractivity contribution in [3.05, 3.63) is 0 Å². The highest BCUT2D eigenvalue weighted by Gasteiger charge is 2.15. The molecule has 0 atom stereocenters. The van der Waals surface area contributed by atoms with Gasteiger partial charge < -0.3 is 5.32 Å². The Bertz CT molecular complexity index is 225. The van der Waals surface area contributed by atoms with E-state index in [-0.39, 0.29) is 17.7 Å². The Hall–Kier alpha value is -1.39. The average molecular weight is 214 g/mol. The van der Waals surface area contributed by atoms with Crippen LogP contribution in [0.5, 0.6) is 0 Å². The van der Waals surface area contributed by atoms with Gasteiger partial charge in [0, 0.05) is 25.8 Å². The van der Waals surface area contributed by atoms with E-state index < -0.39 is 0 Å². The predicted octanol–water partition coefficient (Wildman–Crippen LogP) is 0.346. The van der Waals surface area contributed by atoms with Gasteiger partial charge in [0.2, 0.25) is 17.7 Å². The lowest BCUT2D eigenvalue weighted by Gasteiger charge is -1.97. The van der Waals surface area contributed by atoms with Crippen LogP contribution in [0.1, 0.15) is 39.5 Å². The summed E-state index contributed by atoms with van der Waals surface area (Å²) >= 11 is 0. The highest BCUT2D eigenvalue weighted by molar-refractivity contribution is 6.01. The monoisotopic (exact) mass is 214 g/mol. The summed E-state index contributed by atoms with van der Waals surface area (Å²) in [5.74, 6) is -0.151. The fourth-order valence-corrected chi connectivity index (χ4v) is 0.897. The maximum Gasteiger partial charge on any atom is 0.227 e. The molecule has 1 rings (SSSR count). The molecular formula is C10H18N2O3. The van der Waals surface area contributed by atoms with Gasteiger partial charge in [-0.3, -0.25) is 19.7 Å². The standard InChI is InChI=1S/C6H13NO.C4H5NO2/c1-3-5-7-6(8)4-2;6-3-1-2-4(7)5-3/h3-5H2,1-2H3,(H,7,8);1-2H2,(H,5,6,7). The van der Waals surface area contributed by atoms with Gasteiger partial charge >= 0.3 is 0 Å². The zero-order valence-corrected chi connectivity index (χ0v) is 9.26. The topological polar surface area (TPSA) is 75.3 Å². The maximum atomic E-state index is 10.5. The van der Waals surface area contributed by atoms with Crippen LogP contribution < -0.4 is 10.6 Å². The van der Waals surface area contributed by atoms with Crippen molar-refractivity contribution in [2.75, 3.05) is 6.54 Å². The maximum absolute atomic E-state index is 10.5. The summed E-state index contributed by atoms with van der Waals surface area (Å²) in [6.07, 6.45) is 2.36. The number of hydrogen-bond donors (Lipinski definition) is 2. The van der Waals surface area contributed by atoms with Crippen LogP contribution >= 0.6 is 0 Å². The Morgan fingerprint density at radius 2 is 1.80 bits per heavy atom. The molecule has 0 aromatic rings. The molecule has 0 bridgehead atoms. The van der Waals surface area contributed by atoms with Gasteiger partial charge in [0.25, 0.3) is 0 Å². The van der Waals surface area contributed by atoms with Crippen LogP contribution in [0, 0.1) is 0 Å². The third-order valence-corrected chi connectivity index (χ3v) is 1.75. The summed E-state index contributed by atoms with van der Waals surface area (Å²) in [6.45, 7) is 4.70. The predicted molar refractivity (Wildman–Crippen MR) is 56.0 cm³/mol. The lowest BCUT2D eigenvalue weighted by molar-refractivity contribution is -0.125. The Morgan fingerprint density at radius 1 is 1.27 bits per heavy atom. The zero-order valence-electron chi connectivity index (χ0n) is 9.26. The lowest BCUT2D eigenvalue weighted by atomic mass is 10.4. The molecule has 3 amide bonds. The van der Waals surface area contributed by atoms with Crippen molar-refractivity contribution in [1.29, 1.82) is 0 Å². The number of nitrogens with one attached hydrogen (secondary N) is 2. The van der Waals surface area contributed by atoms with Crippen molar-refractivity contribution in [3.63, 3.8) is 0 Å². The van der Waals surface area contributed by atoms with Gasteiger partial charge in [-0.15, -0.1) is 0 Å². The number of carbonyl (C=O) groups is 3. The van der Waals surface area contributed by atoms with Crippen LogP contribution in [0.4, 0.5) is 0 Å². The van der Waals surface area contributed by atoms with Crippen LogP contribution in [0.3, 0.4) is 0 Å². The van der Waals surface area contributed by atoms with E-state index in [1.165, 1.54) is 0 Å². The molecule has 0 aliphatic carbocycles. The molecule has 0 radical (unpaired) electrons. The number of hydrogen-bond acceptors (Lipinski definition) is 3. The van der Waals surface area contributed by atoms with Crippen molar-refractivity contribution in [2.24, 2.45) is 0 Å². The van der Waals surface area contributed by atoms with E-state index in [4.69, 9.17) is 0 Å². The van der Waals surface area contributed by atoms with Gasteiger partial charge in [-0.05, 0) is 6.42 Å². The van der Waals surface area contributed by atoms with Crippen LogP contribution in [0.15, 0.2) is 0 Å². The molecule has 1 saturated heterocycles. The van der Waals surface area contributed by atoms with Crippen LogP contribution in [-0.4, -0.2) is 24.3 Å². The zero-order chi connectivity index (χ0) is 11.7. The first-order valence-corrected chi connectivity index (χ1v) is 5.19. The van der Waals surface area contributed by atoms with Crippen molar-refractivity contribution in [2.45, 2.75) is 39.5 Å². The van der Waals surface area contributed by atoms with E-state index >= 15 is 0 Å². The van der Waals surface area contributed by atoms with Crippen molar-refractivity contribution in [1.82, 2.24) is 10.6 Å². The second-order valence-corrected chi connectivity index (χ2v) is 3.17. The average Bonchev–Trinajstić information content (AvgIpc) is 2.59. The number of rotatable bonds is 3. The summed E-state index contributed by atoms with van der Waals surface area (Å²) in [7, 11) is 0. The van der Waals surface area contributed by atoms with Crippen LogP contribution in [0.2, 0.25) is 0 Å². The van der Waals surface area contributed by atoms with E-state index in [9.17, 15) is 14.4 Å². The van der Waals surface area contributed by atoms with Crippen molar-refractivity contribution < 1.29 is 14.4 Å². The van der Waals surface area contributed by atoms with Gasteiger partial charge in [-0.1, -0.05) is 13.8 Å². The molecule has 1 aliphatic heterocycles. The highest BCUT2D eigenvalue weighted by atomic mass is 16.2. The Labute approximate surface area is 89.6 Å². The van der Waals surface area contributed by atoms with Crippen molar-refractivity contribution in [3.8, 4) is 0 Å². The van der Waals surface area contributed by atoms with E-state index in [2.05, 4.69) is 10.6 Å². The number of carbonyl (C=O) groups excluding carboxylic acids is 3. The molecule has 0 saturated carbocycles. The van der Waals surface area contributed by atoms with Gasteiger partial charge in [0.1, 0.15) is 0 Å². The molecule has 0 aromatic heterocycles. The first kappa shape index (κ1) is 13.6. The summed E-state index contributed by atoms with van der Waals surface area (Å²) in [6, 6.07) is 0. The van der Waals surface area contributed by atoms with Gasteiger partial charge in [0.05, 0.1) is 0 Å². The van der Waals surface area contributed by atoms with Gasteiger partial charge in [0.15, 0.2) is 0 Å². The summed E-state index contributed by atoms with van der Waals surface area (Å²) in [5, 5.41) is 4.88. The SMILES string of the molecule is CCCNC(=O)CC.O=C1CCC(=O)N1. The Balaban J connectivity index is 0.000000262. The third-order valence-electron chi connectivity index (χ3n) is 1.75. The molecule has 86 valence electrons. The lowest BCUT2D eigenvalue weighted by Crippen LogP contribution is -2.22. The second-order valence-electron chi connectivity index (χ2n) is 3.17. The normalized spacial score (nSPS) is 14.0. The molecule has 5 heteroatoms. The highest BCUT2D eigenvalue weighted by Crippen LogP contribution is 1.95. The molecule has 1 heterocycles. The molecule has 2 N–H and O–H groups in total. The molecular weight excluding hydrogens is 196 g/mol. The van der Waals surface area contributed by atoms with Crippen molar-refractivity contribution >= 4 is 17.7 Å². The Morgan fingerprint density at radius 3 is 2.07 bits per heavy atom. The minimum Gasteiger partial charge on any atom is -0.356 e. The third kappa shape index (κ3) is 7.66. The van der Waals surface area contributed by atoms with Gasteiger partial charge in [-0.2, -0.15) is 0 Å². The second kappa shape index (κ2) is 7.96. The molecule has 1 aliphatic rings. The fraction of sp³-hybridized carbons (Fsp3) is 0.700. The van der Waals surface area contributed by atoms with E-state index in [1.807, 2.05) is 13.8 Å². The van der Waals surface area contributed by atoms with Crippen LogP contribution in [0.25, 0.3) is 0 Å². The minimum absolute atomic E-state index is 0.145. The van der Waals surface area contributed by atoms with E-state index in [1.54, 1.807) is 0 Å². The van der Waals surface area contributed by atoms with Crippen LogP contribution in [-0.2, 0) is 14.4 Å². The van der Waals surface area contributed by atoms with E-state index in [0.717, 1.165) is 13.0 Å². The molecule has 1 fully saturated rings. The largest absolute Gasteiger partial charge is 0.356 e. The molecule has 5 nitrogen and oxygen atoms in total. The number of amides is 3. The first-order valence-electron chi connectivity index (χ1n) is 5.19. The molecule has 0 unspecified atom stereocenters.